The second kappa shape index (κ2) is 6.22. The van der Waals surface area contributed by atoms with Crippen molar-refractivity contribution >= 4 is 11.9 Å². The van der Waals surface area contributed by atoms with Crippen LogP contribution in [0.2, 0.25) is 0 Å². The molecule has 0 bridgehead atoms. The molecule has 0 saturated carbocycles. The van der Waals surface area contributed by atoms with Gasteiger partial charge in [-0.3, -0.25) is 10.1 Å². The lowest BCUT2D eigenvalue weighted by atomic mass is 10.1. The Morgan fingerprint density at radius 2 is 1.88 bits per heavy atom. The van der Waals surface area contributed by atoms with Gasteiger partial charge in [-0.2, -0.15) is 13.2 Å². The predicted molar refractivity (Wildman–Crippen MR) is 73.4 cm³/mol. The topological polar surface area (TPSA) is 86.5 Å². The minimum Gasteiger partial charge on any atom is -0.494 e. The Morgan fingerprint density at radius 3 is 2.50 bits per heavy atom. The van der Waals surface area contributed by atoms with E-state index in [1.165, 1.54) is 12.1 Å². The van der Waals surface area contributed by atoms with Crippen LogP contribution in [-0.2, 0) is 20.4 Å². The molecule has 0 saturated heterocycles. The maximum absolute atomic E-state index is 12.5. The fourth-order valence-corrected chi connectivity index (χ4v) is 1.84. The summed E-state index contributed by atoms with van der Waals surface area (Å²) in [5, 5.41) is 9.58. The number of nitrogens with zero attached hydrogens (tertiary/aromatic N) is 2. The fraction of sp³-hybridized carbons (Fsp3) is 0.214. The lowest BCUT2D eigenvalue weighted by Crippen LogP contribution is -2.21. The van der Waals surface area contributed by atoms with E-state index in [1.807, 2.05) is 0 Å². The van der Waals surface area contributed by atoms with E-state index < -0.39 is 17.6 Å². The highest BCUT2D eigenvalue weighted by Crippen LogP contribution is 2.30. The molecule has 0 fully saturated rings. The molecule has 1 aliphatic rings. The van der Waals surface area contributed by atoms with Gasteiger partial charge < -0.3 is 13.9 Å². The van der Waals surface area contributed by atoms with Crippen molar-refractivity contribution in [3.8, 4) is 11.5 Å². The van der Waals surface area contributed by atoms with Gasteiger partial charge in [0.05, 0.1) is 5.56 Å². The van der Waals surface area contributed by atoms with Crippen LogP contribution in [0.4, 0.5) is 19.2 Å². The number of benzene rings is 1. The summed E-state index contributed by atoms with van der Waals surface area (Å²) in [6.45, 7) is 0.579. The first-order chi connectivity index (χ1) is 11.4. The number of amides is 1. The Morgan fingerprint density at radius 1 is 1.12 bits per heavy atom. The zero-order valence-electron chi connectivity index (χ0n) is 12.0. The molecule has 0 aliphatic carbocycles. The van der Waals surface area contributed by atoms with Crippen LogP contribution in [0, 0.1) is 0 Å². The van der Waals surface area contributed by atoms with Crippen LogP contribution in [0.5, 0.6) is 0 Å². The highest BCUT2D eigenvalue weighted by atomic mass is 19.4. The van der Waals surface area contributed by atoms with Gasteiger partial charge in [0.15, 0.2) is 0 Å². The minimum absolute atomic E-state index is 0.0335. The van der Waals surface area contributed by atoms with Crippen molar-refractivity contribution in [3.63, 3.8) is 0 Å². The number of alkyl halides is 3. The molecule has 1 amide bonds. The first kappa shape index (κ1) is 15.8. The number of anilines is 1. The van der Waals surface area contributed by atoms with E-state index in [0.717, 1.165) is 18.4 Å². The lowest BCUT2D eigenvalue weighted by Gasteiger charge is -2.13. The number of hydrogen-bond donors (Lipinski definition) is 1. The Hall–Kier alpha value is -3.04. The Balaban J connectivity index is 1.71. The summed E-state index contributed by atoms with van der Waals surface area (Å²) in [5.74, 6) is -0.721. The van der Waals surface area contributed by atoms with Crippen LogP contribution >= 0.6 is 0 Å². The van der Waals surface area contributed by atoms with Crippen molar-refractivity contribution in [2.24, 2.45) is 0 Å². The second-order valence-corrected chi connectivity index (χ2v) is 4.64. The van der Waals surface area contributed by atoms with Gasteiger partial charge in [0.2, 0.25) is 11.6 Å². The van der Waals surface area contributed by atoms with Crippen molar-refractivity contribution < 1.29 is 31.9 Å². The monoisotopic (exact) mass is 341 g/mol. The molecule has 0 radical (unpaired) electrons. The van der Waals surface area contributed by atoms with Crippen molar-refractivity contribution in [3.05, 3.63) is 41.9 Å². The molecule has 3 rings (SSSR count). The van der Waals surface area contributed by atoms with Gasteiger partial charge in [0.25, 0.3) is 5.91 Å². The summed E-state index contributed by atoms with van der Waals surface area (Å²) >= 11 is 0. The van der Waals surface area contributed by atoms with Crippen LogP contribution in [0.3, 0.4) is 0 Å². The third-order valence-corrected chi connectivity index (χ3v) is 2.98. The van der Waals surface area contributed by atoms with Gasteiger partial charge in [-0.15, -0.1) is 5.10 Å². The molecule has 2 heterocycles. The van der Waals surface area contributed by atoms with E-state index in [9.17, 15) is 18.0 Å². The Bertz CT molecular complexity index is 768. The standard InChI is InChI=1S/C14H10F3N3O4/c15-14(16,17)9-3-1-8(2-4-9)12-19-20-13(24-12)18-11(21)10-7-22-5-6-23-10/h1-4,7H,5-6H2,(H,18,20,21). The molecule has 0 atom stereocenters. The van der Waals surface area contributed by atoms with E-state index in [2.05, 4.69) is 15.5 Å². The molecule has 1 aromatic carbocycles. The molecule has 0 unspecified atom stereocenters. The van der Waals surface area contributed by atoms with Crippen LogP contribution < -0.4 is 5.32 Å². The molecule has 0 spiro atoms. The quantitative estimate of drug-likeness (QED) is 0.923. The molecule has 10 heteroatoms. The molecule has 24 heavy (non-hydrogen) atoms. The summed E-state index contributed by atoms with van der Waals surface area (Å²) < 4.78 is 52.8. The predicted octanol–water partition coefficient (Wildman–Crippen LogP) is 2.58. The maximum atomic E-state index is 12.5. The van der Waals surface area contributed by atoms with Gasteiger partial charge in [-0.1, -0.05) is 5.10 Å². The molecule has 7 nitrogen and oxygen atoms in total. The molecule has 1 aliphatic heterocycles. The highest BCUT2D eigenvalue weighted by molar-refractivity contribution is 6.00. The van der Waals surface area contributed by atoms with E-state index in [-0.39, 0.29) is 29.8 Å². The average Bonchev–Trinajstić information content (AvgIpc) is 3.03. The summed E-state index contributed by atoms with van der Waals surface area (Å²) in [6, 6.07) is 3.97. The van der Waals surface area contributed by atoms with E-state index in [0.29, 0.717) is 6.61 Å². The van der Waals surface area contributed by atoms with Crippen molar-refractivity contribution in [1.82, 2.24) is 10.2 Å². The number of ether oxygens (including phenoxy) is 2. The molecule has 1 N–H and O–H groups in total. The smallest absolute Gasteiger partial charge is 0.416 e. The first-order valence-corrected chi connectivity index (χ1v) is 6.70. The van der Waals surface area contributed by atoms with E-state index in [1.54, 1.807) is 0 Å². The van der Waals surface area contributed by atoms with Crippen molar-refractivity contribution in [2.45, 2.75) is 6.18 Å². The van der Waals surface area contributed by atoms with Crippen molar-refractivity contribution in [2.75, 3.05) is 18.5 Å². The van der Waals surface area contributed by atoms with Gasteiger partial charge in [0.1, 0.15) is 19.5 Å². The molecule has 126 valence electrons. The Kier molecular flexibility index (Phi) is 4.11. The van der Waals surface area contributed by atoms with Crippen LogP contribution in [0.25, 0.3) is 11.5 Å². The van der Waals surface area contributed by atoms with Crippen molar-refractivity contribution in [1.29, 1.82) is 0 Å². The molecule has 1 aromatic heterocycles. The molecular formula is C14H10F3N3O4. The van der Waals surface area contributed by atoms with E-state index >= 15 is 0 Å². The zero-order chi connectivity index (χ0) is 17.2. The van der Waals surface area contributed by atoms with Gasteiger partial charge in [0, 0.05) is 5.56 Å². The number of hydrogen-bond acceptors (Lipinski definition) is 6. The first-order valence-electron chi connectivity index (χ1n) is 6.70. The third-order valence-electron chi connectivity index (χ3n) is 2.98. The van der Waals surface area contributed by atoms with Gasteiger partial charge >= 0.3 is 12.2 Å². The summed E-state index contributed by atoms with van der Waals surface area (Å²) in [5.41, 5.74) is -0.506. The largest absolute Gasteiger partial charge is 0.494 e. The SMILES string of the molecule is O=C(Nc1nnc(-c2ccc(C(F)(F)F)cc2)o1)C1=COCCO1. The normalized spacial score (nSPS) is 14.4. The maximum Gasteiger partial charge on any atom is 0.416 e. The zero-order valence-corrected chi connectivity index (χ0v) is 12.0. The number of carbonyl (C=O) groups excluding carboxylic acids is 1. The molecule has 2 aromatic rings. The minimum atomic E-state index is -4.43. The highest BCUT2D eigenvalue weighted by Gasteiger charge is 2.30. The Labute approximate surface area is 133 Å². The summed E-state index contributed by atoms with van der Waals surface area (Å²) in [6.07, 6.45) is -3.27. The number of halogens is 3. The number of rotatable bonds is 3. The lowest BCUT2D eigenvalue weighted by molar-refractivity contribution is -0.137. The second-order valence-electron chi connectivity index (χ2n) is 4.64. The van der Waals surface area contributed by atoms with Crippen LogP contribution in [-0.4, -0.2) is 29.3 Å². The summed E-state index contributed by atoms with van der Waals surface area (Å²) in [7, 11) is 0. The van der Waals surface area contributed by atoms with E-state index in [4.69, 9.17) is 13.9 Å². The fourth-order valence-electron chi connectivity index (χ4n) is 1.84. The molecular weight excluding hydrogens is 331 g/mol. The summed E-state index contributed by atoms with van der Waals surface area (Å²) in [4.78, 5) is 11.8. The number of aromatic nitrogens is 2. The number of carbonyl (C=O) groups is 1. The number of nitrogens with one attached hydrogen (secondary N) is 1. The third kappa shape index (κ3) is 3.47. The van der Waals surface area contributed by atoms with Crippen LogP contribution in [0.15, 0.2) is 40.7 Å². The van der Waals surface area contributed by atoms with Crippen LogP contribution in [0.1, 0.15) is 5.56 Å². The van der Waals surface area contributed by atoms with Gasteiger partial charge in [-0.25, -0.2) is 0 Å². The average molecular weight is 341 g/mol. The van der Waals surface area contributed by atoms with Gasteiger partial charge in [-0.05, 0) is 24.3 Å².